The van der Waals surface area contributed by atoms with Crippen molar-refractivity contribution in [3.63, 3.8) is 0 Å². The van der Waals surface area contributed by atoms with Gasteiger partial charge in [-0.25, -0.2) is 9.50 Å². The van der Waals surface area contributed by atoms with E-state index in [-0.39, 0.29) is 24.4 Å². The van der Waals surface area contributed by atoms with Crippen LogP contribution in [0.3, 0.4) is 0 Å². The maximum absolute atomic E-state index is 12.2. The molecule has 1 N–H and O–H groups in total. The number of amides is 2. The number of carbonyl (C=O) groups is 2. The summed E-state index contributed by atoms with van der Waals surface area (Å²) < 4.78 is 1.70. The lowest BCUT2D eigenvalue weighted by atomic mass is 10.2. The highest BCUT2D eigenvalue weighted by molar-refractivity contribution is 7.14. The Morgan fingerprint density at radius 2 is 2.32 bits per heavy atom. The number of nitrogens with one attached hydrogen (secondary N) is 1. The van der Waals surface area contributed by atoms with Gasteiger partial charge < -0.3 is 10.2 Å². The van der Waals surface area contributed by atoms with Gasteiger partial charge in [0.1, 0.15) is 5.51 Å². The first-order chi connectivity index (χ1) is 10.6. The van der Waals surface area contributed by atoms with E-state index in [2.05, 4.69) is 15.4 Å². The zero-order valence-electron chi connectivity index (χ0n) is 12.5. The number of hydrogen-bond donors (Lipinski definition) is 1. The third kappa shape index (κ3) is 3.27. The molecule has 2 aromatic rings. The molecule has 8 heteroatoms. The van der Waals surface area contributed by atoms with Crippen molar-refractivity contribution in [2.75, 3.05) is 13.1 Å². The van der Waals surface area contributed by atoms with E-state index >= 15 is 0 Å². The van der Waals surface area contributed by atoms with Gasteiger partial charge in [-0.2, -0.15) is 5.10 Å². The zero-order valence-corrected chi connectivity index (χ0v) is 13.3. The maximum atomic E-state index is 12.2. The standard InChI is InChI=1S/C14H19N5O2S/c1-10(11-7-19-14(17-11)22-9-15-19)16-12(20)8-18-6-4-2-3-5-13(18)21/h7,9-10H,2-6,8H2,1H3,(H,16,20)/t10-/m0/s1. The molecule has 2 amide bonds. The van der Waals surface area contributed by atoms with E-state index in [4.69, 9.17) is 0 Å². The van der Waals surface area contributed by atoms with Crippen LogP contribution in [0.5, 0.6) is 0 Å². The summed E-state index contributed by atoms with van der Waals surface area (Å²) >= 11 is 1.45. The van der Waals surface area contributed by atoms with Crippen LogP contribution in [-0.2, 0) is 9.59 Å². The molecule has 1 fully saturated rings. The summed E-state index contributed by atoms with van der Waals surface area (Å²) in [7, 11) is 0. The van der Waals surface area contributed by atoms with E-state index in [1.54, 1.807) is 14.9 Å². The Hall–Kier alpha value is -1.96. The number of fused-ring (bicyclic) bond motifs is 1. The van der Waals surface area contributed by atoms with E-state index in [9.17, 15) is 9.59 Å². The second kappa shape index (κ2) is 6.43. The first kappa shape index (κ1) is 15.0. The molecule has 0 aromatic carbocycles. The molecule has 3 rings (SSSR count). The highest BCUT2D eigenvalue weighted by Gasteiger charge is 2.21. The van der Waals surface area contributed by atoms with Crippen molar-refractivity contribution in [3.05, 3.63) is 17.4 Å². The van der Waals surface area contributed by atoms with Crippen molar-refractivity contribution in [1.29, 1.82) is 0 Å². The van der Waals surface area contributed by atoms with Crippen molar-refractivity contribution < 1.29 is 9.59 Å². The average Bonchev–Trinajstić information content (AvgIpc) is 3.01. The van der Waals surface area contributed by atoms with Crippen molar-refractivity contribution in [2.45, 2.75) is 38.6 Å². The first-order valence-corrected chi connectivity index (χ1v) is 8.37. The van der Waals surface area contributed by atoms with Crippen molar-refractivity contribution in [2.24, 2.45) is 0 Å². The Morgan fingerprint density at radius 1 is 1.45 bits per heavy atom. The van der Waals surface area contributed by atoms with E-state index in [1.165, 1.54) is 11.3 Å². The summed E-state index contributed by atoms with van der Waals surface area (Å²) in [6.07, 6.45) is 5.31. The number of carbonyl (C=O) groups excluding carboxylic acids is 2. The van der Waals surface area contributed by atoms with Crippen LogP contribution in [0.15, 0.2) is 11.7 Å². The molecule has 22 heavy (non-hydrogen) atoms. The molecule has 0 aliphatic carbocycles. The van der Waals surface area contributed by atoms with Gasteiger partial charge in [0, 0.05) is 13.0 Å². The SMILES string of the molecule is C[C@H](NC(=O)CN1CCCCCC1=O)c1cn2ncsc2n1. The lowest BCUT2D eigenvalue weighted by molar-refractivity contribution is -0.135. The minimum atomic E-state index is -0.205. The van der Waals surface area contributed by atoms with Crippen LogP contribution in [0.25, 0.3) is 4.96 Å². The maximum Gasteiger partial charge on any atom is 0.240 e. The van der Waals surface area contributed by atoms with Crippen LogP contribution in [0.4, 0.5) is 0 Å². The van der Waals surface area contributed by atoms with E-state index < -0.39 is 0 Å². The predicted octanol–water partition coefficient (Wildman–Crippen LogP) is 1.37. The minimum Gasteiger partial charge on any atom is -0.346 e. The number of rotatable bonds is 4. The van der Waals surface area contributed by atoms with Crippen LogP contribution in [0.2, 0.25) is 0 Å². The van der Waals surface area contributed by atoms with Gasteiger partial charge in [0.05, 0.1) is 24.5 Å². The monoisotopic (exact) mass is 321 g/mol. The van der Waals surface area contributed by atoms with E-state index in [0.717, 1.165) is 29.9 Å². The van der Waals surface area contributed by atoms with Gasteiger partial charge in [0.2, 0.25) is 16.8 Å². The summed E-state index contributed by atoms with van der Waals surface area (Å²) in [4.78, 5) is 31.0. The predicted molar refractivity (Wildman–Crippen MR) is 82.5 cm³/mol. The fourth-order valence-corrected chi connectivity index (χ4v) is 3.21. The lowest BCUT2D eigenvalue weighted by Crippen LogP contribution is -2.41. The second-order valence-electron chi connectivity index (χ2n) is 5.55. The molecule has 2 aromatic heterocycles. The summed E-state index contributed by atoms with van der Waals surface area (Å²) in [6.45, 7) is 2.68. The van der Waals surface area contributed by atoms with Crippen molar-refractivity contribution in [1.82, 2.24) is 24.8 Å². The fraction of sp³-hybridized carbons (Fsp3) is 0.571. The number of likely N-dealkylation sites (tertiary alicyclic amines) is 1. The molecule has 1 aliphatic rings. The zero-order chi connectivity index (χ0) is 15.5. The van der Waals surface area contributed by atoms with Gasteiger partial charge in [0.15, 0.2) is 0 Å². The van der Waals surface area contributed by atoms with Crippen LogP contribution < -0.4 is 5.32 Å². The van der Waals surface area contributed by atoms with Crippen LogP contribution in [0.1, 0.15) is 44.3 Å². The second-order valence-corrected chi connectivity index (χ2v) is 6.36. The number of hydrogen-bond acceptors (Lipinski definition) is 5. The molecular formula is C14H19N5O2S. The van der Waals surface area contributed by atoms with E-state index in [0.29, 0.717) is 13.0 Å². The molecule has 0 radical (unpaired) electrons. The van der Waals surface area contributed by atoms with Gasteiger partial charge in [-0.3, -0.25) is 9.59 Å². The topological polar surface area (TPSA) is 79.6 Å². The smallest absolute Gasteiger partial charge is 0.240 e. The van der Waals surface area contributed by atoms with Crippen LogP contribution >= 0.6 is 11.3 Å². The van der Waals surface area contributed by atoms with Crippen LogP contribution in [-0.4, -0.2) is 44.4 Å². The summed E-state index contributed by atoms with van der Waals surface area (Å²) in [5, 5.41) is 7.03. The van der Waals surface area contributed by atoms with Gasteiger partial charge in [-0.05, 0) is 19.8 Å². The number of aromatic nitrogens is 3. The minimum absolute atomic E-state index is 0.0759. The van der Waals surface area contributed by atoms with Gasteiger partial charge >= 0.3 is 0 Å². The van der Waals surface area contributed by atoms with Crippen molar-refractivity contribution >= 4 is 28.1 Å². The number of imidazole rings is 1. The summed E-state index contributed by atoms with van der Waals surface area (Å²) in [5.74, 6) is -0.0703. The Labute approximate surface area is 132 Å². The molecule has 0 saturated carbocycles. The Morgan fingerprint density at radius 3 is 3.14 bits per heavy atom. The molecule has 118 valence electrons. The van der Waals surface area contributed by atoms with Gasteiger partial charge in [0.25, 0.3) is 0 Å². The molecule has 0 bridgehead atoms. The Bertz CT molecular complexity index is 651. The molecule has 0 unspecified atom stereocenters. The summed E-state index contributed by atoms with van der Waals surface area (Å²) in [6, 6.07) is -0.205. The molecule has 1 aliphatic heterocycles. The summed E-state index contributed by atoms with van der Waals surface area (Å²) in [5.41, 5.74) is 2.50. The lowest BCUT2D eigenvalue weighted by Gasteiger charge is -2.21. The fourth-order valence-electron chi connectivity index (χ4n) is 2.60. The largest absolute Gasteiger partial charge is 0.346 e. The molecule has 1 atom stereocenters. The first-order valence-electron chi connectivity index (χ1n) is 7.49. The quantitative estimate of drug-likeness (QED) is 0.922. The Balaban J connectivity index is 1.58. The van der Waals surface area contributed by atoms with Gasteiger partial charge in [-0.15, -0.1) is 0 Å². The number of nitrogens with zero attached hydrogens (tertiary/aromatic N) is 4. The molecule has 1 saturated heterocycles. The molecule has 7 nitrogen and oxygen atoms in total. The molecule has 0 spiro atoms. The molecular weight excluding hydrogens is 302 g/mol. The van der Waals surface area contributed by atoms with Crippen molar-refractivity contribution in [3.8, 4) is 0 Å². The normalized spacial score (nSPS) is 17.5. The molecule has 3 heterocycles. The highest BCUT2D eigenvalue weighted by Crippen LogP contribution is 2.15. The third-order valence-electron chi connectivity index (χ3n) is 3.83. The van der Waals surface area contributed by atoms with Gasteiger partial charge in [-0.1, -0.05) is 17.8 Å². The average molecular weight is 321 g/mol. The van der Waals surface area contributed by atoms with E-state index in [1.807, 2.05) is 13.1 Å². The third-order valence-corrected chi connectivity index (χ3v) is 4.52. The van der Waals surface area contributed by atoms with Crippen LogP contribution in [0, 0.1) is 0 Å². The highest BCUT2D eigenvalue weighted by atomic mass is 32.1. The Kier molecular flexibility index (Phi) is 4.37.